The number of benzene rings is 1. The molecule has 1 aliphatic carbocycles. The van der Waals surface area contributed by atoms with Crippen LogP contribution in [0.3, 0.4) is 0 Å². The van der Waals surface area contributed by atoms with Gasteiger partial charge in [0.25, 0.3) is 0 Å². The van der Waals surface area contributed by atoms with Crippen LogP contribution in [0.1, 0.15) is 31.2 Å². The summed E-state index contributed by atoms with van der Waals surface area (Å²) in [6.45, 7) is 2.04. The van der Waals surface area contributed by atoms with Gasteiger partial charge in [-0.3, -0.25) is 4.79 Å². The number of nitrogens with zero attached hydrogens (tertiary/aromatic N) is 1. The van der Waals surface area contributed by atoms with Gasteiger partial charge < -0.3 is 25.4 Å². The third kappa shape index (κ3) is 3.10. The van der Waals surface area contributed by atoms with Gasteiger partial charge in [-0.1, -0.05) is 6.07 Å². The molecule has 4 rings (SSSR count). The van der Waals surface area contributed by atoms with Crippen molar-refractivity contribution in [3.8, 4) is 11.5 Å². The van der Waals surface area contributed by atoms with Gasteiger partial charge in [0.1, 0.15) is 0 Å². The standard InChI is InChI=1S/C18H23N3O4/c19-16(22)12-3-7-21(8-4-12)17(23)20-10-18(5-6-18)13-1-2-14-15(9-13)25-11-24-14/h1-2,9,12H,3-8,10-11H2,(H2,19,22)(H,20,23). The first-order valence-corrected chi connectivity index (χ1v) is 8.80. The molecule has 3 aliphatic rings. The molecule has 7 nitrogen and oxygen atoms in total. The summed E-state index contributed by atoms with van der Waals surface area (Å²) in [5, 5.41) is 3.06. The molecule has 0 atom stereocenters. The third-order valence-corrected chi connectivity index (χ3v) is 5.60. The maximum atomic E-state index is 12.4. The fourth-order valence-electron chi connectivity index (χ4n) is 3.67. The number of fused-ring (bicyclic) bond motifs is 1. The number of hydrogen-bond acceptors (Lipinski definition) is 4. The van der Waals surface area contributed by atoms with E-state index in [1.807, 2.05) is 12.1 Å². The van der Waals surface area contributed by atoms with Crippen LogP contribution in [0.25, 0.3) is 0 Å². The highest BCUT2D eigenvalue weighted by molar-refractivity contribution is 5.78. The molecule has 1 aromatic rings. The van der Waals surface area contributed by atoms with E-state index >= 15 is 0 Å². The molecule has 1 saturated carbocycles. The van der Waals surface area contributed by atoms with Crippen molar-refractivity contribution in [3.63, 3.8) is 0 Å². The number of amides is 3. The molecule has 7 heteroatoms. The number of likely N-dealkylation sites (tertiary alicyclic amines) is 1. The highest BCUT2D eigenvalue weighted by Crippen LogP contribution is 2.49. The Bertz CT molecular complexity index is 694. The molecule has 2 aliphatic heterocycles. The molecule has 2 fully saturated rings. The molecule has 3 amide bonds. The number of nitrogens with one attached hydrogen (secondary N) is 1. The predicted octanol–water partition coefficient (Wildman–Crippen LogP) is 1.35. The van der Waals surface area contributed by atoms with Gasteiger partial charge in [0.05, 0.1) is 0 Å². The van der Waals surface area contributed by atoms with Crippen LogP contribution in [0.4, 0.5) is 4.79 Å². The van der Waals surface area contributed by atoms with Crippen LogP contribution in [0, 0.1) is 5.92 Å². The highest BCUT2D eigenvalue weighted by atomic mass is 16.7. The number of urea groups is 1. The number of carbonyl (C=O) groups excluding carboxylic acids is 2. The van der Waals surface area contributed by atoms with Gasteiger partial charge in [0.15, 0.2) is 11.5 Å². The number of rotatable bonds is 4. The molecule has 25 heavy (non-hydrogen) atoms. The minimum absolute atomic E-state index is 0.00217. The van der Waals surface area contributed by atoms with Crippen LogP contribution < -0.4 is 20.5 Å². The molecule has 0 radical (unpaired) electrons. The Hall–Kier alpha value is -2.44. The lowest BCUT2D eigenvalue weighted by Gasteiger charge is -2.31. The molecule has 1 saturated heterocycles. The van der Waals surface area contributed by atoms with Crippen LogP contribution in [0.5, 0.6) is 11.5 Å². The van der Waals surface area contributed by atoms with Crippen molar-refractivity contribution in [1.82, 2.24) is 10.2 Å². The Morgan fingerprint density at radius 2 is 1.92 bits per heavy atom. The maximum Gasteiger partial charge on any atom is 0.317 e. The Labute approximate surface area is 146 Å². The minimum atomic E-state index is -0.264. The predicted molar refractivity (Wildman–Crippen MR) is 90.4 cm³/mol. The maximum absolute atomic E-state index is 12.4. The summed E-state index contributed by atoms with van der Waals surface area (Å²) in [5.41, 5.74) is 6.53. The van der Waals surface area contributed by atoms with E-state index in [1.165, 1.54) is 5.56 Å². The Morgan fingerprint density at radius 1 is 1.20 bits per heavy atom. The number of nitrogens with two attached hydrogens (primary N) is 1. The summed E-state index contributed by atoms with van der Waals surface area (Å²) in [6.07, 6.45) is 3.40. The van der Waals surface area contributed by atoms with E-state index < -0.39 is 0 Å². The van der Waals surface area contributed by atoms with Gasteiger partial charge in [0.2, 0.25) is 12.7 Å². The second-order valence-electron chi connectivity index (χ2n) is 7.17. The first-order chi connectivity index (χ1) is 12.1. The lowest BCUT2D eigenvalue weighted by Crippen LogP contribution is -2.47. The average molecular weight is 345 g/mol. The largest absolute Gasteiger partial charge is 0.454 e. The third-order valence-electron chi connectivity index (χ3n) is 5.60. The zero-order chi connectivity index (χ0) is 17.4. The van der Waals surface area contributed by atoms with Crippen LogP contribution in [-0.4, -0.2) is 43.3 Å². The van der Waals surface area contributed by atoms with Crippen molar-refractivity contribution < 1.29 is 19.1 Å². The SMILES string of the molecule is NC(=O)C1CCN(C(=O)NCC2(c3ccc4c(c3)OCO4)CC2)CC1. The van der Waals surface area contributed by atoms with Gasteiger partial charge in [-0.2, -0.15) is 0 Å². The fraction of sp³-hybridized carbons (Fsp3) is 0.556. The monoisotopic (exact) mass is 345 g/mol. The Morgan fingerprint density at radius 3 is 2.60 bits per heavy atom. The van der Waals surface area contributed by atoms with E-state index in [4.69, 9.17) is 15.2 Å². The fourth-order valence-corrected chi connectivity index (χ4v) is 3.67. The van der Waals surface area contributed by atoms with E-state index in [0.29, 0.717) is 32.5 Å². The minimum Gasteiger partial charge on any atom is -0.454 e. The second kappa shape index (κ2) is 6.13. The van der Waals surface area contributed by atoms with Gasteiger partial charge in [-0.05, 0) is 43.4 Å². The van der Waals surface area contributed by atoms with Gasteiger partial charge in [-0.15, -0.1) is 0 Å². The van der Waals surface area contributed by atoms with Gasteiger partial charge >= 0.3 is 6.03 Å². The molecule has 1 aromatic carbocycles. The molecule has 2 heterocycles. The van der Waals surface area contributed by atoms with Crippen molar-refractivity contribution >= 4 is 11.9 Å². The molecule has 3 N–H and O–H groups in total. The first kappa shape index (κ1) is 16.1. The molecule has 0 spiro atoms. The molecular weight excluding hydrogens is 322 g/mol. The first-order valence-electron chi connectivity index (χ1n) is 8.80. The van der Waals surface area contributed by atoms with Crippen molar-refractivity contribution in [2.45, 2.75) is 31.1 Å². The zero-order valence-electron chi connectivity index (χ0n) is 14.1. The lowest BCUT2D eigenvalue weighted by molar-refractivity contribution is -0.123. The van der Waals surface area contributed by atoms with E-state index in [9.17, 15) is 9.59 Å². The van der Waals surface area contributed by atoms with Crippen molar-refractivity contribution in [2.24, 2.45) is 11.7 Å². The van der Waals surface area contributed by atoms with Crippen molar-refractivity contribution in [3.05, 3.63) is 23.8 Å². The summed E-state index contributed by atoms with van der Waals surface area (Å²) >= 11 is 0. The van der Waals surface area contributed by atoms with Crippen LogP contribution >= 0.6 is 0 Å². The van der Waals surface area contributed by atoms with Crippen LogP contribution in [0.2, 0.25) is 0 Å². The number of piperidine rings is 1. The topological polar surface area (TPSA) is 93.9 Å². The number of ether oxygens (including phenoxy) is 2. The molecule has 134 valence electrons. The summed E-state index contributed by atoms with van der Waals surface area (Å²) in [7, 11) is 0. The van der Waals surface area contributed by atoms with E-state index in [0.717, 1.165) is 24.3 Å². The van der Waals surface area contributed by atoms with E-state index in [2.05, 4.69) is 11.4 Å². The van der Waals surface area contributed by atoms with Crippen molar-refractivity contribution in [2.75, 3.05) is 26.4 Å². The van der Waals surface area contributed by atoms with E-state index in [-0.39, 0.29) is 30.1 Å². The van der Waals surface area contributed by atoms with Crippen LogP contribution in [0.15, 0.2) is 18.2 Å². The highest BCUT2D eigenvalue weighted by Gasteiger charge is 2.45. The van der Waals surface area contributed by atoms with Crippen molar-refractivity contribution in [1.29, 1.82) is 0 Å². The lowest BCUT2D eigenvalue weighted by atomic mass is 9.95. The summed E-state index contributed by atoms with van der Waals surface area (Å²) in [4.78, 5) is 25.4. The van der Waals surface area contributed by atoms with Gasteiger partial charge in [-0.25, -0.2) is 4.79 Å². The smallest absolute Gasteiger partial charge is 0.317 e. The molecular formula is C18H23N3O4. The summed E-state index contributed by atoms with van der Waals surface area (Å²) in [5.74, 6) is 1.19. The molecule has 0 unspecified atom stereocenters. The second-order valence-corrected chi connectivity index (χ2v) is 7.17. The van der Waals surface area contributed by atoms with Gasteiger partial charge in [0, 0.05) is 31.0 Å². The normalized spacial score (nSPS) is 21.0. The number of carbonyl (C=O) groups is 2. The number of hydrogen-bond donors (Lipinski definition) is 2. The molecule has 0 aromatic heterocycles. The summed E-state index contributed by atoms with van der Waals surface area (Å²) < 4.78 is 10.8. The Balaban J connectivity index is 1.33. The zero-order valence-corrected chi connectivity index (χ0v) is 14.1. The van der Waals surface area contributed by atoms with E-state index in [1.54, 1.807) is 4.90 Å². The molecule has 0 bridgehead atoms. The van der Waals surface area contributed by atoms with Crippen LogP contribution in [-0.2, 0) is 10.2 Å². The average Bonchev–Trinajstić information content (AvgIpc) is 3.28. The number of primary amides is 1. The quantitative estimate of drug-likeness (QED) is 0.861. The summed E-state index contributed by atoms with van der Waals surface area (Å²) in [6, 6.07) is 5.97. The Kier molecular flexibility index (Phi) is 3.94.